The van der Waals surface area contributed by atoms with Gasteiger partial charge in [-0.3, -0.25) is 9.78 Å². The normalized spacial score (nSPS) is 11.9. The lowest BCUT2D eigenvalue weighted by atomic mass is 10.1. The second kappa shape index (κ2) is 6.92. The molecule has 0 aliphatic carbocycles. The third-order valence-electron chi connectivity index (χ3n) is 3.85. The summed E-state index contributed by atoms with van der Waals surface area (Å²) in [6, 6.07) is 15.5. The third-order valence-corrected chi connectivity index (χ3v) is 3.85. The van der Waals surface area contributed by atoms with Gasteiger partial charge in [0, 0.05) is 18.9 Å². The van der Waals surface area contributed by atoms with Gasteiger partial charge in [0.2, 0.25) is 0 Å². The monoisotopic (exact) mass is 306 g/mol. The van der Waals surface area contributed by atoms with Crippen molar-refractivity contribution in [2.75, 3.05) is 0 Å². The molecule has 23 heavy (non-hydrogen) atoms. The highest BCUT2D eigenvalue weighted by molar-refractivity contribution is 5.94. The summed E-state index contributed by atoms with van der Waals surface area (Å²) in [5.74, 6) is -0.0565. The van der Waals surface area contributed by atoms with E-state index in [1.54, 1.807) is 18.5 Å². The minimum absolute atomic E-state index is 0.0565. The van der Waals surface area contributed by atoms with Crippen molar-refractivity contribution in [3.63, 3.8) is 0 Å². The lowest BCUT2D eigenvalue weighted by Crippen LogP contribution is -2.33. The summed E-state index contributed by atoms with van der Waals surface area (Å²) >= 11 is 0. The molecule has 0 aliphatic heterocycles. The molecule has 0 fully saturated rings. The Kier molecular flexibility index (Phi) is 4.52. The highest BCUT2D eigenvalue weighted by Crippen LogP contribution is 2.24. The number of amides is 1. The van der Waals surface area contributed by atoms with Gasteiger partial charge < -0.3 is 9.32 Å². The predicted molar refractivity (Wildman–Crippen MR) is 87.7 cm³/mol. The number of carbonyl (C=O) groups is 1. The maximum atomic E-state index is 12.9. The fourth-order valence-electron chi connectivity index (χ4n) is 2.54. The smallest absolute Gasteiger partial charge is 0.257 e. The van der Waals surface area contributed by atoms with Gasteiger partial charge in [-0.05, 0) is 30.2 Å². The molecule has 4 heteroatoms. The van der Waals surface area contributed by atoms with Crippen molar-refractivity contribution in [1.82, 2.24) is 9.88 Å². The van der Waals surface area contributed by atoms with Gasteiger partial charge in [0.25, 0.3) is 5.91 Å². The Morgan fingerprint density at radius 2 is 2.00 bits per heavy atom. The summed E-state index contributed by atoms with van der Waals surface area (Å²) in [6.07, 6.45) is 6.51. The quantitative estimate of drug-likeness (QED) is 0.713. The van der Waals surface area contributed by atoms with Crippen LogP contribution in [0.15, 0.2) is 77.9 Å². The molecule has 0 saturated carbocycles. The van der Waals surface area contributed by atoms with Crippen molar-refractivity contribution in [3.8, 4) is 0 Å². The van der Waals surface area contributed by atoms with Gasteiger partial charge in [0.1, 0.15) is 6.26 Å². The molecule has 4 nitrogen and oxygen atoms in total. The average molecular weight is 306 g/mol. The van der Waals surface area contributed by atoms with Crippen LogP contribution < -0.4 is 0 Å². The molecule has 3 rings (SSSR count). The van der Waals surface area contributed by atoms with Gasteiger partial charge >= 0.3 is 0 Å². The van der Waals surface area contributed by atoms with Gasteiger partial charge in [-0.25, -0.2) is 0 Å². The zero-order valence-electron chi connectivity index (χ0n) is 12.9. The zero-order chi connectivity index (χ0) is 16.1. The van der Waals surface area contributed by atoms with Crippen LogP contribution in [-0.4, -0.2) is 15.8 Å². The van der Waals surface area contributed by atoms with Crippen LogP contribution in [0, 0.1) is 0 Å². The van der Waals surface area contributed by atoms with Crippen LogP contribution in [0.25, 0.3) is 0 Å². The number of hydrogen-bond donors (Lipinski definition) is 0. The minimum Gasteiger partial charge on any atom is -0.472 e. The minimum atomic E-state index is -0.0567. The van der Waals surface area contributed by atoms with Crippen LogP contribution in [0.5, 0.6) is 0 Å². The zero-order valence-corrected chi connectivity index (χ0v) is 12.9. The van der Waals surface area contributed by atoms with E-state index in [9.17, 15) is 4.79 Å². The predicted octanol–water partition coefficient (Wildman–Crippen LogP) is 4.08. The Bertz CT molecular complexity index is 740. The first kappa shape index (κ1) is 15.0. The van der Waals surface area contributed by atoms with E-state index in [0.29, 0.717) is 12.1 Å². The average Bonchev–Trinajstić information content (AvgIpc) is 3.15. The van der Waals surface area contributed by atoms with E-state index >= 15 is 0 Å². The molecule has 2 heterocycles. The summed E-state index contributed by atoms with van der Waals surface area (Å²) in [6.45, 7) is 2.53. The van der Waals surface area contributed by atoms with Gasteiger partial charge in [0.15, 0.2) is 0 Å². The molecule has 0 unspecified atom stereocenters. The molecule has 0 bridgehead atoms. The largest absolute Gasteiger partial charge is 0.472 e. The molecule has 0 aliphatic rings. The molecule has 1 aromatic carbocycles. The Hall–Kier alpha value is -2.88. The number of benzene rings is 1. The number of pyridine rings is 1. The molecule has 0 saturated heterocycles. The molecule has 1 amide bonds. The molecular formula is C19H18N2O2. The molecule has 0 spiro atoms. The number of aromatic nitrogens is 1. The molecule has 1 atom stereocenters. The van der Waals surface area contributed by atoms with Crippen LogP contribution in [0.4, 0.5) is 0 Å². The first-order valence-corrected chi connectivity index (χ1v) is 7.52. The number of nitrogens with zero attached hydrogens (tertiary/aromatic N) is 2. The van der Waals surface area contributed by atoms with Crippen LogP contribution >= 0.6 is 0 Å². The first-order valence-electron chi connectivity index (χ1n) is 7.52. The fraction of sp³-hybridized carbons (Fsp3) is 0.158. The summed E-state index contributed by atoms with van der Waals surface area (Å²) in [7, 11) is 0. The molecule has 116 valence electrons. The number of rotatable bonds is 5. The van der Waals surface area contributed by atoms with Crippen LogP contribution in [0.3, 0.4) is 0 Å². The van der Waals surface area contributed by atoms with Crippen LogP contribution in [0.2, 0.25) is 0 Å². The Morgan fingerprint density at radius 1 is 1.17 bits per heavy atom. The van der Waals surface area contributed by atoms with E-state index in [2.05, 4.69) is 4.98 Å². The van der Waals surface area contributed by atoms with Gasteiger partial charge in [-0.2, -0.15) is 0 Å². The summed E-state index contributed by atoms with van der Waals surface area (Å²) in [5.41, 5.74) is 2.64. The van der Waals surface area contributed by atoms with E-state index < -0.39 is 0 Å². The highest BCUT2D eigenvalue weighted by Gasteiger charge is 2.23. The van der Waals surface area contributed by atoms with E-state index in [4.69, 9.17) is 4.42 Å². The summed E-state index contributed by atoms with van der Waals surface area (Å²) < 4.78 is 5.06. The molecule has 3 aromatic rings. The Balaban J connectivity index is 1.91. The standard InChI is InChI=1S/C19H18N2O2/c1-15(17-7-3-2-4-8-17)21(13-16-6-5-10-20-12-16)19(22)18-9-11-23-14-18/h2-12,14-15H,13H2,1H3/t15-/m1/s1. The van der Waals surface area contributed by atoms with Crippen molar-refractivity contribution in [3.05, 3.63) is 90.1 Å². The fourth-order valence-corrected chi connectivity index (χ4v) is 2.54. The SMILES string of the molecule is C[C@H](c1ccccc1)N(Cc1cccnc1)C(=O)c1ccoc1. The van der Waals surface area contributed by atoms with Crippen LogP contribution in [0.1, 0.15) is 34.5 Å². The second-order valence-electron chi connectivity index (χ2n) is 5.39. The molecule has 0 radical (unpaired) electrons. The maximum Gasteiger partial charge on any atom is 0.257 e. The lowest BCUT2D eigenvalue weighted by Gasteiger charge is -2.29. The van der Waals surface area contributed by atoms with E-state index in [0.717, 1.165) is 11.1 Å². The van der Waals surface area contributed by atoms with Gasteiger partial charge in [-0.15, -0.1) is 0 Å². The number of hydrogen-bond acceptors (Lipinski definition) is 3. The Morgan fingerprint density at radius 3 is 2.65 bits per heavy atom. The number of furan rings is 1. The van der Waals surface area contributed by atoms with Gasteiger partial charge in [-0.1, -0.05) is 36.4 Å². The second-order valence-corrected chi connectivity index (χ2v) is 5.39. The molecule has 2 aromatic heterocycles. The molecular weight excluding hydrogens is 288 g/mol. The van der Waals surface area contributed by atoms with Crippen molar-refractivity contribution in [2.24, 2.45) is 0 Å². The third kappa shape index (κ3) is 3.48. The van der Waals surface area contributed by atoms with Crippen molar-refractivity contribution in [1.29, 1.82) is 0 Å². The summed E-state index contributed by atoms with van der Waals surface area (Å²) in [5, 5.41) is 0. The molecule has 0 N–H and O–H groups in total. The highest BCUT2D eigenvalue weighted by atomic mass is 16.3. The maximum absolute atomic E-state index is 12.9. The van der Waals surface area contributed by atoms with E-state index in [-0.39, 0.29) is 11.9 Å². The number of carbonyl (C=O) groups excluding carboxylic acids is 1. The van der Waals surface area contributed by atoms with Crippen molar-refractivity contribution in [2.45, 2.75) is 19.5 Å². The first-order chi connectivity index (χ1) is 11.3. The Labute approximate surface area is 135 Å². The van der Waals surface area contributed by atoms with E-state index in [1.165, 1.54) is 12.5 Å². The lowest BCUT2D eigenvalue weighted by molar-refractivity contribution is 0.0673. The van der Waals surface area contributed by atoms with Crippen LogP contribution in [-0.2, 0) is 6.54 Å². The van der Waals surface area contributed by atoms with E-state index in [1.807, 2.05) is 54.3 Å². The van der Waals surface area contributed by atoms with Crippen molar-refractivity contribution < 1.29 is 9.21 Å². The van der Waals surface area contributed by atoms with Crippen molar-refractivity contribution >= 4 is 5.91 Å². The summed E-state index contributed by atoms with van der Waals surface area (Å²) in [4.78, 5) is 18.8. The van der Waals surface area contributed by atoms with Gasteiger partial charge in [0.05, 0.1) is 17.9 Å². The topological polar surface area (TPSA) is 46.3 Å².